The SMILES string of the molecule is CCC(C(=O)Nc1ccc(C2NC(=S)N(CC)C(C)=C2C(=O)OCCOC)cc1)c1ccccc1. The van der Waals surface area contributed by atoms with Crippen LogP contribution in [-0.2, 0) is 19.1 Å². The van der Waals surface area contributed by atoms with Crippen LogP contribution in [0.15, 0.2) is 65.9 Å². The smallest absolute Gasteiger partial charge is 0.338 e. The highest BCUT2D eigenvalue weighted by Crippen LogP contribution is 2.32. The lowest BCUT2D eigenvalue weighted by atomic mass is 9.94. The van der Waals surface area contributed by atoms with Gasteiger partial charge in [0.25, 0.3) is 0 Å². The van der Waals surface area contributed by atoms with E-state index in [-0.39, 0.29) is 18.4 Å². The van der Waals surface area contributed by atoms with Gasteiger partial charge in [-0.05, 0) is 55.7 Å². The van der Waals surface area contributed by atoms with Gasteiger partial charge in [0.05, 0.1) is 24.1 Å². The maximum absolute atomic E-state index is 13.0. The van der Waals surface area contributed by atoms with Crippen LogP contribution in [0.25, 0.3) is 0 Å². The maximum atomic E-state index is 13.0. The largest absolute Gasteiger partial charge is 0.460 e. The summed E-state index contributed by atoms with van der Waals surface area (Å²) in [5.74, 6) is -0.698. The zero-order valence-corrected chi connectivity index (χ0v) is 21.5. The van der Waals surface area contributed by atoms with Crippen LogP contribution < -0.4 is 10.6 Å². The van der Waals surface area contributed by atoms with E-state index in [1.807, 2.05) is 80.3 Å². The molecule has 35 heavy (non-hydrogen) atoms. The van der Waals surface area contributed by atoms with Gasteiger partial charge in [0, 0.05) is 25.0 Å². The van der Waals surface area contributed by atoms with Gasteiger partial charge in [-0.1, -0.05) is 49.4 Å². The molecule has 0 aromatic heterocycles. The molecule has 0 bridgehead atoms. The Kier molecular flexibility index (Phi) is 9.39. The summed E-state index contributed by atoms with van der Waals surface area (Å²) < 4.78 is 10.4. The Morgan fingerprint density at radius 2 is 1.77 bits per heavy atom. The predicted molar refractivity (Wildman–Crippen MR) is 141 cm³/mol. The number of anilines is 1. The number of ether oxygens (including phenoxy) is 2. The van der Waals surface area contributed by atoms with E-state index in [0.29, 0.717) is 35.9 Å². The third-order valence-corrected chi connectivity index (χ3v) is 6.43. The summed E-state index contributed by atoms with van der Waals surface area (Å²) in [4.78, 5) is 27.8. The number of amides is 1. The lowest BCUT2D eigenvalue weighted by molar-refractivity contribution is -0.140. The molecule has 8 heteroatoms. The van der Waals surface area contributed by atoms with Gasteiger partial charge in [-0.25, -0.2) is 4.79 Å². The number of benzene rings is 2. The second kappa shape index (κ2) is 12.5. The molecule has 1 heterocycles. The monoisotopic (exact) mass is 495 g/mol. The Balaban J connectivity index is 1.81. The number of methoxy groups -OCH3 is 1. The van der Waals surface area contributed by atoms with Gasteiger partial charge in [0.15, 0.2) is 5.11 Å². The van der Waals surface area contributed by atoms with E-state index in [1.165, 1.54) is 0 Å². The van der Waals surface area contributed by atoms with Crippen molar-refractivity contribution in [3.8, 4) is 0 Å². The van der Waals surface area contributed by atoms with Crippen molar-refractivity contribution in [2.24, 2.45) is 0 Å². The van der Waals surface area contributed by atoms with E-state index in [2.05, 4.69) is 10.6 Å². The van der Waals surface area contributed by atoms with Crippen molar-refractivity contribution in [2.75, 3.05) is 32.2 Å². The number of thiocarbonyl (C=S) groups is 1. The van der Waals surface area contributed by atoms with Gasteiger partial charge < -0.3 is 25.0 Å². The lowest BCUT2D eigenvalue weighted by Crippen LogP contribution is -2.47. The highest BCUT2D eigenvalue weighted by Gasteiger charge is 2.34. The van der Waals surface area contributed by atoms with Gasteiger partial charge in [-0.15, -0.1) is 0 Å². The quantitative estimate of drug-likeness (QED) is 0.285. The van der Waals surface area contributed by atoms with Gasteiger partial charge in [0.1, 0.15) is 6.61 Å². The molecular formula is C27H33N3O4S. The molecule has 1 aliphatic rings. The number of nitrogens with one attached hydrogen (secondary N) is 2. The fraction of sp³-hybridized carbons (Fsp3) is 0.370. The van der Waals surface area contributed by atoms with Crippen LogP contribution >= 0.6 is 12.2 Å². The molecule has 0 fully saturated rings. The summed E-state index contributed by atoms with van der Waals surface area (Å²) in [6, 6.07) is 16.7. The summed E-state index contributed by atoms with van der Waals surface area (Å²) in [6.07, 6.45) is 0.698. The van der Waals surface area contributed by atoms with Crippen LogP contribution in [0.3, 0.4) is 0 Å². The first kappa shape index (κ1) is 26.4. The molecule has 7 nitrogen and oxygen atoms in total. The number of esters is 1. The van der Waals surface area contributed by atoms with E-state index < -0.39 is 12.0 Å². The van der Waals surface area contributed by atoms with E-state index in [9.17, 15) is 9.59 Å². The number of allylic oxidation sites excluding steroid dienone is 1. The Morgan fingerprint density at radius 3 is 2.37 bits per heavy atom. The Hall–Kier alpha value is -3.23. The Bertz CT molecular complexity index is 1070. The molecule has 2 atom stereocenters. The standard InChI is InChI=1S/C27H33N3O4S/c1-5-22(19-10-8-7-9-11-19)25(31)28-21-14-12-20(13-15-21)24-23(26(32)34-17-16-33-4)18(3)30(6-2)27(35)29-24/h7-15,22,24H,5-6,16-17H2,1-4H3,(H,28,31)(H,29,35). The first-order valence-corrected chi connectivity index (χ1v) is 12.2. The Morgan fingerprint density at radius 1 is 1.09 bits per heavy atom. The average Bonchev–Trinajstić information content (AvgIpc) is 2.85. The number of carbonyl (C=O) groups is 2. The van der Waals surface area contributed by atoms with Crippen molar-refractivity contribution in [1.82, 2.24) is 10.2 Å². The van der Waals surface area contributed by atoms with Crippen LogP contribution in [0.1, 0.15) is 50.3 Å². The molecule has 2 unspecified atom stereocenters. The second-order valence-corrected chi connectivity index (χ2v) is 8.62. The zero-order valence-electron chi connectivity index (χ0n) is 20.7. The van der Waals surface area contributed by atoms with Crippen molar-refractivity contribution in [3.05, 3.63) is 77.0 Å². The third kappa shape index (κ3) is 6.26. The number of hydrogen-bond acceptors (Lipinski definition) is 5. The number of nitrogens with zero attached hydrogens (tertiary/aromatic N) is 1. The van der Waals surface area contributed by atoms with Crippen LogP contribution in [0.2, 0.25) is 0 Å². The van der Waals surface area contributed by atoms with Crippen LogP contribution in [0, 0.1) is 0 Å². The van der Waals surface area contributed by atoms with E-state index in [4.69, 9.17) is 21.7 Å². The van der Waals surface area contributed by atoms with Crippen LogP contribution in [0.4, 0.5) is 5.69 Å². The maximum Gasteiger partial charge on any atom is 0.338 e. The molecule has 0 spiro atoms. The molecule has 1 aliphatic heterocycles. The molecule has 2 N–H and O–H groups in total. The van der Waals surface area contributed by atoms with Crippen molar-refractivity contribution in [3.63, 3.8) is 0 Å². The average molecular weight is 496 g/mol. The highest BCUT2D eigenvalue weighted by atomic mass is 32.1. The van der Waals surface area contributed by atoms with Gasteiger partial charge in [-0.2, -0.15) is 0 Å². The first-order valence-electron chi connectivity index (χ1n) is 11.8. The van der Waals surface area contributed by atoms with Crippen molar-refractivity contribution >= 4 is 34.9 Å². The zero-order chi connectivity index (χ0) is 25.4. The van der Waals surface area contributed by atoms with Gasteiger partial charge in [0.2, 0.25) is 5.91 Å². The minimum atomic E-state index is -0.460. The van der Waals surface area contributed by atoms with E-state index in [0.717, 1.165) is 16.8 Å². The molecule has 3 rings (SSSR count). The number of rotatable bonds is 10. The van der Waals surface area contributed by atoms with Crippen LogP contribution in [-0.4, -0.2) is 48.8 Å². The molecule has 2 aromatic rings. The predicted octanol–water partition coefficient (Wildman–Crippen LogP) is 4.53. The highest BCUT2D eigenvalue weighted by molar-refractivity contribution is 7.80. The topological polar surface area (TPSA) is 79.9 Å². The summed E-state index contributed by atoms with van der Waals surface area (Å²) in [6.45, 7) is 6.97. The molecule has 0 saturated carbocycles. The normalized spacial score (nSPS) is 16.5. The van der Waals surface area contributed by atoms with Crippen molar-refractivity contribution in [2.45, 2.75) is 39.2 Å². The summed E-state index contributed by atoms with van der Waals surface area (Å²) in [5.41, 5.74) is 3.78. The third-order valence-electron chi connectivity index (χ3n) is 6.09. The molecule has 0 saturated heterocycles. The molecule has 2 aromatic carbocycles. The Labute approximate surface area is 212 Å². The van der Waals surface area contributed by atoms with Crippen molar-refractivity contribution in [1.29, 1.82) is 0 Å². The number of hydrogen-bond donors (Lipinski definition) is 2. The first-order chi connectivity index (χ1) is 16.9. The lowest BCUT2D eigenvalue weighted by Gasteiger charge is -2.37. The van der Waals surface area contributed by atoms with E-state index >= 15 is 0 Å². The summed E-state index contributed by atoms with van der Waals surface area (Å²) >= 11 is 5.55. The number of carbonyl (C=O) groups excluding carboxylic acids is 2. The van der Waals surface area contributed by atoms with Crippen molar-refractivity contribution < 1.29 is 19.1 Å². The van der Waals surface area contributed by atoms with Crippen LogP contribution in [0.5, 0.6) is 0 Å². The molecule has 0 radical (unpaired) electrons. The van der Waals surface area contributed by atoms with Gasteiger partial charge >= 0.3 is 5.97 Å². The van der Waals surface area contributed by atoms with E-state index in [1.54, 1.807) is 7.11 Å². The summed E-state index contributed by atoms with van der Waals surface area (Å²) in [5, 5.41) is 6.84. The summed E-state index contributed by atoms with van der Waals surface area (Å²) in [7, 11) is 1.56. The second-order valence-electron chi connectivity index (χ2n) is 8.24. The molecular weight excluding hydrogens is 462 g/mol. The van der Waals surface area contributed by atoms with Gasteiger partial charge in [-0.3, -0.25) is 4.79 Å². The minimum Gasteiger partial charge on any atom is -0.460 e. The molecule has 186 valence electrons. The molecule has 0 aliphatic carbocycles. The minimum absolute atomic E-state index is 0.0554. The molecule has 1 amide bonds. The fourth-order valence-corrected chi connectivity index (χ4v) is 4.60. The fourth-order valence-electron chi connectivity index (χ4n) is 4.22.